The summed E-state index contributed by atoms with van der Waals surface area (Å²) in [5.74, 6) is 1.09. The van der Waals surface area contributed by atoms with Gasteiger partial charge < -0.3 is 9.26 Å². The maximum Gasteiger partial charge on any atom is 0.269 e. The third-order valence-electron chi connectivity index (χ3n) is 4.41. The molecule has 0 bridgehead atoms. The van der Waals surface area contributed by atoms with E-state index in [0.717, 1.165) is 0 Å². The van der Waals surface area contributed by atoms with E-state index in [-0.39, 0.29) is 10.8 Å². The smallest absolute Gasteiger partial charge is 0.269 e. The van der Waals surface area contributed by atoms with E-state index in [1.165, 1.54) is 28.8 Å². The fourth-order valence-corrected chi connectivity index (χ4v) is 5.50. The fraction of sp³-hybridized carbons (Fsp3) is 0.100. The number of rotatable bonds is 6. The van der Waals surface area contributed by atoms with Crippen LogP contribution in [0.4, 0.5) is 5.69 Å². The van der Waals surface area contributed by atoms with E-state index < -0.39 is 10.0 Å². The lowest BCUT2D eigenvalue weighted by Crippen LogP contribution is -2.26. The predicted molar refractivity (Wildman–Crippen MR) is 117 cm³/mol. The molecule has 2 aromatic heterocycles. The third kappa shape index (κ3) is 3.79. The number of halogens is 1. The minimum atomic E-state index is -3.86. The molecule has 0 unspecified atom stereocenters. The number of anilines is 1. The molecule has 0 saturated carbocycles. The standard InChI is InChI=1S/C20H16ClN3O4S2/c1-24(15-6-8-16(27-2)9-7-15)30(25,26)17-10-11-29-18(17)20-22-19(23-28-20)13-4-3-5-14(21)12-13/h3-12H,1-2H3. The predicted octanol–water partition coefficient (Wildman–Crippen LogP) is 4.95. The van der Waals surface area contributed by atoms with Gasteiger partial charge in [0.05, 0.1) is 12.8 Å². The van der Waals surface area contributed by atoms with E-state index in [0.29, 0.717) is 32.7 Å². The van der Waals surface area contributed by atoms with E-state index >= 15 is 0 Å². The molecule has 154 valence electrons. The Morgan fingerprint density at radius 1 is 1.13 bits per heavy atom. The summed E-state index contributed by atoms with van der Waals surface area (Å²) in [6.07, 6.45) is 0. The first-order valence-electron chi connectivity index (χ1n) is 8.70. The highest BCUT2D eigenvalue weighted by molar-refractivity contribution is 7.93. The molecule has 0 aliphatic heterocycles. The highest BCUT2D eigenvalue weighted by Crippen LogP contribution is 2.35. The molecule has 2 heterocycles. The summed E-state index contributed by atoms with van der Waals surface area (Å²) in [4.78, 5) is 4.83. The van der Waals surface area contributed by atoms with Crippen molar-refractivity contribution in [1.82, 2.24) is 10.1 Å². The number of aromatic nitrogens is 2. The molecule has 0 atom stereocenters. The van der Waals surface area contributed by atoms with Crippen LogP contribution in [0, 0.1) is 0 Å². The molecule has 0 spiro atoms. The van der Waals surface area contributed by atoms with E-state index in [9.17, 15) is 8.42 Å². The lowest BCUT2D eigenvalue weighted by atomic mass is 10.2. The first-order valence-corrected chi connectivity index (χ1v) is 11.4. The van der Waals surface area contributed by atoms with Gasteiger partial charge in [-0.2, -0.15) is 4.98 Å². The number of hydrogen-bond donors (Lipinski definition) is 0. The molecule has 0 amide bonds. The van der Waals surface area contributed by atoms with E-state index in [1.54, 1.807) is 61.0 Å². The lowest BCUT2D eigenvalue weighted by molar-refractivity contribution is 0.415. The maximum absolute atomic E-state index is 13.3. The fourth-order valence-electron chi connectivity index (χ4n) is 2.80. The molecule has 4 aromatic rings. The van der Waals surface area contributed by atoms with Crippen molar-refractivity contribution in [3.8, 4) is 27.9 Å². The number of thiophene rings is 1. The second-order valence-electron chi connectivity index (χ2n) is 6.22. The molecule has 2 aromatic carbocycles. The molecule has 4 rings (SSSR count). The number of benzene rings is 2. The Labute approximate surface area is 182 Å². The van der Waals surface area contributed by atoms with Crippen molar-refractivity contribution in [2.45, 2.75) is 4.90 Å². The van der Waals surface area contributed by atoms with Crippen LogP contribution in [-0.4, -0.2) is 32.7 Å². The minimum absolute atomic E-state index is 0.0899. The third-order valence-corrected chi connectivity index (χ3v) is 7.50. The summed E-state index contributed by atoms with van der Waals surface area (Å²) in [5.41, 5.74) is 1.17. The van der Waals surface area contributed by atoms with Gasteiger partial charge in [0, 0.05) is 17.6 Å². The molecule has 7 nitrogen and oxygen atoms in total. The van der Waals surface area contributed by atoms with Gasteiger partial charge in [0.25, 0.3) is 15.9 Å². The van der Waals surface area contributed by atoms with Crippen LogP contribution in [0.1, 0.15) is 0 Å². The zero-order valence-electron chi connectivity index (χ0n) is 15.9. The Balaban J connectivity index is 1.69. The summed E-state index contributed by atoms with van der Waals surface area (Å²) in [6.45, 7) is 0. The van der Waals surface area contributed by atoms with Gasteiger partial charge in [0.1, 0.15) is 15.5 Å². The number of nitrogens with zero attached hydrogens (tertiary/aromatic N) is 3. The van der Waals surface area contributed by atoms with Crippen LogP contribution >= 0.6 is 22.9 Å². The van der Waals surface area contributed by atoms with Gasteiger partial charge in [-0.15, -0.1) is 11.3 Å². The quantitative estimate of drug-likeness (QED) is 0.403. The van der Waals surface area contributed by atoms with Crippen LogP contribution in [0.3, 0.4) is 0 Å². The lowest BCUT2D eigenvalue weighted by Gasteiger charge is -2.19. The van der Waals surface area contributed by atoms with E-state index in [1.807, 2.05) is 0 Å². The molecule has 0 saturated heterocycles. The van der Waals surface area contributed by atoms with Crippen LogP contribution in [-0.2, 0) is 10.0 Å². The van der Waals surface area contributed by atoms with Crippen LogP contribution in [0.25, 0.3) is 22.2 Å². The monoisotopic (exact) mass is 461 g/mol. The summed E-state index contributed by atoms with van der Waals surface area (Å²) >= 11 is 7.23. The first kappa shape index (κ1) is 20.4. The Morgan fingerprint density at radius 2 is 1.90 bits per heavy atom. The van der Waals surface area contributed by atoms with Crippen LogP contribution in [0.2, 0.25) is 5.02 Å². The Morgan fingerprint density at radius 3 is 2.60 bits per heavy atom. The van der Waals surface area contributed by atoms with Gasteiger partial charge in [0.2, 0.25) is 5.82 Å². The van der Waals surface area contributed by atoms with Crippen molar-refractivity contribution in [3.05, 3.63) is 65.0 Å². The van der Waals surface area contributed by atoms with Crippen LogP contribution in [0.15, 0.2) is 69.4 Å². The minimum Gasteiger partial charge on any atom is -0.497 e. The summed E-state index contributed by atoms with van der Waals surface area (Å²) < 4.78 is 38.2. The highest BCUT2D eigenvalue weighted by atomic mass is 35.5. The molecular weight excluding hydrogens is 446 g/mol. The van der Waals surface area contributed by atoms with Gasteiger partial charge in [-0.3, -0.25) is 4.31 Å². The number of ether oxygens (including phenoxy) is 1. The van der Waals surface area contributed by atoms with Gasteiger partial charge in [-0.1, -0.05) is 28.9 Å². The van der Waals surface area contributed by atoms with Gasteiger partial charge in [0.15, 0.2) is 0 Å². The highest BCUT2D eigenvalue weighted by Gasteiger charge is 2.28. The summed E-state index contributed by atoms with van der Waals surface area (Å²) in [5, 5.41) is 6.18. The average molecular weight is 462 g/mol. The van der Waals surface area contributed by atoms with E-state index in [2.05, 4.69) is 10.1 Å². The van der Waals surface area contributed by atoms with Crippen molar-refractivity contribution in [2.24, 2.45) is 0 Å². The van der Waals surface area contributed by atoms with Crippen LogP contribution in [0.5, 0.6) is 5.75 Å². The van der Waals surface area contributed by atoms with Crippen LogP contribution < -0.4 is 9.04 Å². The molecule has 0 N–H and O–H groups in total. The average Bonchev–Trinajstić information content (AvgIpc) is 3.43. The first-order chi connectivity index (χ1) is 14.4. The molecule has 0 fully saturated rings. The van der Waals surface area contributed by atoms with Crippen molar-refractivity contribution < 1.29 is 17.7 Å². The maximum atomic E-state index is 13.3. The normalized spacial score (nSPS) is 11.4. The molecule has 0 radical (unpaired) electrons. The zero-order valence-corrected chi connectivity index (χ0v) is 18.3. The molecule has 0 aliphatic carbocycles. The van der Waals surface area contributed by atoms with Crippen molar-refractivity contribution in [3.63, 3.8) is 0 Å². The Bertz CT molecular complexity index is 1280. The van der Waals surface area contributed by atoms with Gasteiger partial charge in [-0.05, 0) is 47.8 Å². The molecule has 30 heavy (non-hydrogen) atoms. The second kappa shape index (κ2) is 8.10. The van der Waals surface area contributed by atoms with Gasteiger partial charge >= 0.3 is 0 Å². The molecule has 0 aliphatic rings. The SMILES string of the molecule is COc1ccc(N(C)S(=O)(=O)c2ccsc2-c2nc(-c3cccc(Cl)c3)no2)cc1. The topological polar surface area (TPSA) is 85.5 Å². The van der Waals surface area contributed by atoms with Crippen molar-refractivity contribution in [2.75, 3.05) is 18.5 Å². The second-order valence-corrected chi connectivity index (χ2v) is 9.51. The molecule has 10 heteroatoms. The van der Waals surface area contributed by atoms with Crippen molar-refractivity contribution >= 4 is 38.6 Å². The van der Waals surface area contributed by atoms with Gasteiger partial charge in [-0.25, -0.2) is 8.42 Å². The zero-order chi connectivity index (χ0) is 21.3. The van der Waals surface area contributed by atoms with Crippen molar-refractivity contribution in [1.29, 1.82) is 0 Å². The van der Waals surface area contributed by atoms with E-state index in [4.69, 9.17) is 20.9 Å². The number of hydrogen-bond acceptors (Lipinski definition) is 7. The largest absolute Gasteiger partial charge is 0.497 e. The molecular formula is C20H16ClN3O4S2. The number of sulfonamides is 1. The summed E-state index contributed by atoms with van der Waals surface area (Å²) in [7, 11) is -0.815. The number of methoxy groups -OCH3 is 1. The summed E-state index contributed by atoms with van der Waals surface area (Å²) in [6, 6.07) is 15.3. The Kier molecular flexibility index (Phi) is 5.50. The Hall–Kier alpha value is -2.88.